The van der Waals surface area contributed by atoms with Crippen molar-refractivity contribution in [2.24, 2.45) is 0 Å². The van der Waals surface area contributed by atoms with Gasteiger partial charge in [-0.25, -0.2) is 0 Å². The molecule has 0 radical (unpaired) electrons. The summed E-state index contributed by atoms with van der Waals surface area (Å²) in [5, 5.41) is 13.4. The van der Waals surface area contributed by atoms with E-state index in [-0.39, 0.29) is 23.8 Å². The molecule has 7 heteroatoms. The average molecular weight is 391 g/mol. The van der Waals surface area contributed by atoms with E-state index in [1.54, 1.807) is 0 Å². The number of thiocarbonyl (C=S) groups is 1. The van der Waals surface area contributed by atoms with E-state index < -0.39 is 4.92 Å². The number of rotatable bonds is 13. The average Bonchev–Trinajstić information content (AvgIpc) is 2.65. The second-order valence-corrected chi connectivity index (χ2v) is 6.76. The van der Waals surface area contributed by atoms with E-state index in [0.29, 0.717) is 17.0 Å². The number of allylic oxidation sites excluding steroid dienone is 1. The lowest BCUT2D eigenvalue weighted by molar-refractivity contribution is -0.384. The molecule has 1 amide bonds. The fourth-order valence-electron chi connectivity index (χ4n) is 2.43. The van der Waals surface area contributed by atoms with Gasteiger partial charge in [0.25, 0.3) is 5.69 Å². The Morgan fingerprint density at radius 1 is 1.07 bits per heavy atom. The summed E-state index contributed by atoms with van der Waals surface area (Å²) < 4.78 is 0. The summed E-state index contributed by atoms with van der Waals surface area (Å²) in [5.41, 5.74) is 0.555. The molecule has 0 atom stereocenters. The van der Waals surface area contributed by atoms with Crippen LogP contribution in [0.4, 0.5) is 5.69 Å². The zero-order valence-corrected chi connectivity index (χ0v) is 16.4. The number of benzene rings is 1. The van der Waals surface area contributed by atoms with Gasteiger partial charge < -0.3 is 5.32 Å². The molecule has 1 aromatic carbocycles. The third-order valence-corrected chi connectivity index (χ3v) is 4.37. The fraction of sp³-hybridized carbons (Fsp3) is 0.450. The van der Waals surface area contributed by atoms with Crippen molar-refractivity contribution in [3.8, 4) is 0 Å². The number of nitrogens with zero attached hydrogens (tertiary/aromatic N) is 1. The summed E-state index contributed by atoms with van der Waals surface area (Å²) in [6.07, 6.45) is 9.31. The van der Waals surface area contributed by atoms with Gasteiger partial charge in [-0.05, 0) is 30.2 Å². The molecule has 0 aliphatic heterocycles. The minimum Gasteiger partial charge on any atom is -0.353 e. The second kappa shape index (κ2) is 12.9. The number of carbonyl (C=O) groups excluding carboxylic acids is 2. The number of carbonyl (C=O) groups is 2. The van der Waals surface area contributed by atoms with Crippen LogP contribution in [0, 0.1) is 10.1 Å². The van der Waals surface area contributed by atoms with Gasteiger partial charge in [-0.3, -0.25) is 19.7 Å². The van der Waals surface area contributed by atoms with Gasteiger partial charge in [0.05, 0.1) is 4.92 Å². The van der Waals surface area contributed by atoms with Crippen LogP contribution in [0.2, 0.25) is 0 Å². The summed E-state index contributed by atoms with van der Waals surface area (Å²) in [4.78, 5) is 34.1. The van der Waals surface area contributed by atoms with Gasteiger partial charge in [0.15, 0.2) is 5.78 Å². The maximum Gasteiger partial charge on any atom is 0.269 e. The molecule has 0 aliphatic rings. The van der Waals surface area contributed by atoms with E-state index in [4.69, 9.17) is 12.2 Å². The first kappa shape index (κ1) is 22.6. The summed E-state index contributed by atoms with van der Waals surface area (Å²) in [5.74, 6) is -0.578. The number of non-ortho nitro benzene ring substituents is 1. The Morgan fingerprint density at radius 2 is 1.70 bits per heavy atom. The third-order valence-electron chi connectivity index (χ3n) is 3.99. The van der Waals surface area contributed by atoms with E-state index >= 15 is 0 Å². The lowest BCUT2D eigenvalue weighted by Gasteiger charge is -2.03. The number of amides is 1. The van der Waals surface area contributed by atoms with Gasteiger partial charge in [-0.15, -0.1) is 0 Å². The Hall–Kier alpha value is -2.41. The van der Waals surface area contributed by atoms with Crippen LogP contribution in [-0.2, 0) is 9.59 Å². The first-order chi connectivity index (χ1) is 12.9. The van der Waals surface area contributed by atoms with E-state index in [2.05, 4.69) is 12.2 Å². The van der Waals surface area contributed by atoms with Crippen LogP contribution in [0.25, 0.3) is 0 Å². The molecule has 1 rings (SSSR count). The molecular weight excluding hydrogens is 364 g/mol. The van der Waals surface area contributed by atoms with Crippen molar-refractivity contribution in [3.63, 3.8) is 0 Å². The van der Waals surface area contributed by atoms with Crippen LogP contribution in [0.5, 0.6) is 0 Å². The van der Waals surface area contributed by atoms with Crippen LogP contribution in [0.3, 0.4) is 0 Å². The van der Waals surface area contributed by atoms with Crippen molar-refractivity contribution in [1.29, 1.82) is 0 Å². The molecule has 27 heavy (non-hydrogen) atoms. The highest BCUT2D eigenvalue weighted by Crippen LogP contribution is 2.14. The van der Waals surface area contributed by atoms with Crippen LogP contribution in [0.1, 0.15) is 57.4 Å². The summed E-state index contributed by atoms with van der Waals surface area (Å²) in [6.45, 7) is 2.77. The molecule has 0 unspecified atom stereocenters. The van der Waals surface area contributed by atoms with Crippen molar-refractivity contribution in [2.75, 3.05) is 6.54 Å². The topological polar surface area (TPSA) is 89.3 Å². The number of unbranched alkanes of at least 4 members (excludes halogenated alkanes) is 5. The van der Waals surface area contributed by atoms with Gasteiger partial charge in [0.1, 0.15) is 0 Å². The molecule has 0 fully saturated rings. The Kier molecular flexibility index (Phi) is 10.8. The predicted octanol–water partition coefficient (Wildman–Crippen LogP) is 4.30. The highest BCUT2D eigenvalue weighted by molar-refractivity contribution is 7.80. The zero-order valence-electron chi connectivity index (χ0n) is 15.6. The fourth-order valence-corrected chi connectivity index (χ4v) is 2.71. The molecule has 1 aromatic rings. The van der Waals surface area contributed by atoms with Crippen molar-refractivity contribution in [3.05, 3.63) is 52.1 Å². The van der Waals surface area contributed by atoms with Crippen LogP contribution < -0.4 is 5.32 Å². The number of nitrogens with one attached hydrogen (secondary N) is 1. The number of nitro groups is 1. The lowest BCUT2D eigenvalue weighted by Crippen LogP contribution is -2.22. The molecular formula is C20H26N2O4S. The quantitative estimate of drug-likeness (QED) is 0.135. The largest absolute Gasteiger partial charge is 0.353 e. The summed E-state index contributed by atoms with van der Waals surface area (Å²) in [7, 11) is 0. The Balaban J connectivity index is 2.30. The normalized spacial score (nSPS) is 10.7. The van der Waals surface area contributed by atoms with Gasteiger partial charge in [0, 0.05) is 36.0 Å². The molecule has 1 N–H and O–H groups in total. The maximum atomic E-state index is 11.9. The van der Waals surface area contributed by atoms with Gasteiger partial charge in [0.2, 0.25) is 5.91 Å². The molecule has 0 bridgehead atoms. The lowest BCUT2D eigenvalue weighted by atomic mass is 10.1. The number of hydrogen-bond acceptors (Lipinski definition) is 5. The van der Waals surface area contributed by atoms with Crippen molar-refractivity contribution in [1.82, 2.24) is 5.32 Å². The van der Waals surface area contributed by atoms with Gasteiger partial charge >= 0.3 is 0 Å². The molecule has 6 nitrogen and oxygen atoms in total. The summed E-state index contributed by atoms with van der Waals surface area (Å²) >= 11 is 5.19. The van der Waals surface area contributed by atoms with E-state index in [0.717, 1.165) is 12.8 Å². The van der Waals surface area contributed by atoms with Crippen molar-refractivity contribution < 1.29 is 14.5 Å². The van der Waals surface area contributed by atoms with E-state index in [1.807, 2.05) is 0 Å². The number of nitro benzene ring substituents is 1. The Bertz CT molecular complexity index is 684. The maximum absolute atomic E-state index is 11.9. The van der Waals surface area contributed by atoms with Gasteiger partial charge in [-0.1, -0.05) is 51.2 Å². The highest BCUT2D eigenvalue weighted by atomic mass is 32.1. The predicted molar refractivity (Wildman–Crippen MR) is 110 cm³/mol. The third kappa shape index (κ3) is 9.75. The molecule has 0 aromatic heterocycles. The van der Waals surface area contributed by atoms with Gasteiger partial charge in [-0.2, -0.15) is 0 Å². The van der Waals surface area contributed by atoms with Crippen LogP contribution >= 0.6 is 12.2 Å². The van der Waals surface area contributed by atoms with Crippen LogP contribution in [-0.4, -0.2) is 28.0 Å². The summed E-state index contributed by atoms with van der Waals surface area (Å²) in [6, 6.07) is 5.73. The van der Waals surface area contributed by atoms with Crippen molar-refractivity contribution in [2.45, 2.75) is 51.9 Å². The molecule has 0 spiro atoms. The molecule has 0 saturated carbocycles. The first-order valence-corrected chi connectivity index (χ1v) is 9.61. The molecule has 0 saturated heterocycles. The zero-order chi connectivity index (χ0) is 20.1. The SMILES string of the molecule is CCCCCCCCNC(=O)C=CC(=O)CC(=S)c1ccc([N+](=O)[O-])cc1. The minimum absolute atomic E-state index is 0.0195. The highest BCUT2D eigenvalue weighted by Gasteiger charge is 2.09. The smallest absolute Gasteiger partial charge is 0.269 e. The molecule has 146 valence electrons. The Morgan fingerprint density at radius 3 is 2.33 bits per heavy atom. The second-order valence-electron chi connectivity index (χ2n) is 6.26. The van der Waals surface area contributed by atoms with Crippen molar-refractivity contribution >= 4 is 34.5 Å². The van der Waals surface area contributed by atoms with Crippen LogP contribution in [0.15, 0.2) is 36.4 Å². The number of hydrogen-bond donors (Lipinski definition) is 1. The standard InChI is InChI=1S/C20H26N2O4S/c1-2-3-4-5-6-7-14-21-20(24)13-12-18(23)15-19(27)16-8-10-17(11-9-16)22(25)26/h8-13H,2-7,14-15H2,1H3,(H,21,24). The Labute approximate surface area is 165 Å². The monoisotopic (exact) mass is 390 g/mol. The molecule has 0 heterocycles. The first-order valence-electron chi connectivity index (χ1n) is 9.20. The van der Waals surface area contributed by atoms with E-state index in [1.165, 1.54) is 62.1 Å². The molecule has 0 aliphatic carbocycles. The van der Waals surface area contributed by atoms with E-state index in [9.17, 15) is 19.7 Å². The minimum atomic E-state index is -0.495. The number of ketones is 1.